The van der Waals surface area contributed by atoms with Crippen LogP contribution in [0.25, 0.3) is 11.0 Å². The Kier molecular flexibility index (Phi) is 3.15. The van der Waals surface area contributed by atoms with Gasteiger partial charge in [0.25, 0.3) is 0 Å². The third-order valence-corrected chi connectivity index (χ3v) is 2.59. The van der Waals surface area contributed by atoms with Gasteiger partial charge < -0.3 is 15.5 Å². The number of ether oxygens (including phenoxy) is 1. The van der Waals surface area contributed by atoms with Gasteiger partial charge in [0.1, 0.15) is 11.9 Å². The van der Waals surface area contributed by atoms with Gasteiger partial charge in [0.05, 0.1) is 18.1 Å². The summed E-state index contributed by atoms with van der Waals surface area (Å²) in [6, 6.07) is 4.47. The SMILES string of the molecule is COC(=C=O)[C@@H](N)c1nc2ccc(Cl)cc2[nH]1. The molecule has 5 nitrogen and oxygen atoms in total. The zero-order valence-corrected chi connectivity index (χ0v) is 9.78. The summed E-state index contributed by atoms with van der Waals surface area (Å²) >= 11 is 5.85. The summed E-state index contributed by atoms with van der Waals surface area (Å²) in [4.78, 5) is 17.8. The van der Waals surface area contributed by atoms with E-state index in [4.69, 9.17) is 22.1 Å². The van der Waals surface area contributed by atoms with E-state index in [1.807, 2.05) is 0 Å². The number of aromatic amines is 1. The Morgan fingerprint density at radius 2 is 2.41 bits per heavy atom. The number of nitrogens with one attached hydrogen (secondary N) is 1. The number of aromatic nitrogens is 2. The molecule has 17 heavy (non-hydrogen) atoms. The van der Waals surface area contributed by atoms with Crippen LogP contribution < -0.4 is 5.73 Å². The van der Waals surface area contributed by atoms with E-state index < -0.39 is 6.04 Å². The molecule has 0 saturated heterocycles. The summed E-state index contributed by atoms with van der Waals surface area (Å²) in [6.07, 6.45) is 0. The summed E-state index contributed by atoms with van der Waals surface area (Å²) in [6.45, 7) is 0. The number of hydrogen-bond donors (Lipinski definition) is 2. The van der Waals surface area contributed by atoms with E-state index in [1.54, 1.807) is 24.1 Å². The molecule has 0 bridgehead atoms. The molecule has 0 saturated carbocycles. The van der Waals surface area contributed by atoms with Crippen molar-refractivity contribution in [1.29, 1.82) is 0 Å². The molecule has 1 atom stereocenters. The molecule has 0 unspecified atom stereocenters. The molecule has 0 amide bonds. The monoisotopic (exact) mass is 251 g/mol. The van der Waals surface area contributed by atoms with Gasteiger partial charge in [0.2, 0.25) is 5.76 Å². The Bertz CT molecular complexity index is 602. The third kappa shape index (κ3) is 2.17. The standard InChI is InChI=1S/C11H10ClN3O2/c1-17-9(5-16)10(13)11-14-7-3-2-6(12)4-8(7)15-11/h2-4,10H,13H2,1H3,(H,14,15)/t10-/m1/s1. The minimum atomic E-state index is -0.760. The molecule has 1 aromatic carbocycles. The predicted octanol–water partition coefficient (Wildman–Crippen LogP) is 1.58. The molecule has 0 radical (unpaired) electrons. The van der Waals surface area contributed by atoms with Crippen LogP contribution in [0.5, 0.6) is 0 Å². The molecule has 3 N–H and O–H groups in total. The van der Waals surface area contributed by atoms with E-state index in [-0.39, 0.29) is 5.76 Å². The minimum Gasteiger partial charge on any atom is -0.488 e. The lowest BCUT2D eigenvalue weighted by molar-refractivity contribution is 0.267. The lowest BCUT2D eigenvalue weighted by Crippen LogP contribution is -2.16. The average molecular weight is 252 g/mol. The lowest BCUT2D eigenvalue weighted by atomic mass is 10.2. The van der Waals surface area contributed by atoms with Crippen LogP contribution in [-0.4, -0.2) is 23.0 Å². The van der Waals surface area contributed by atoms with Crippen molar-refractivity contribution < 1.29 is 9.53 Å². The van der Waals surface area contributed by atoms with Crippen molar-refractivity contribution in [2.24, 2.45) is 5.73 Å². The number of carbonyl (C=O) groups excluding carboxylic acids is 1. The normalized spacial score (nSPS) is 12.2. The summed E-state index contributed by atoms with van der Waals surface area (Å²) in [5, 5.41) is 0.596. The second-order valence-corrected chi connectivity index (χ2v) is 3.87. The molecule has 1 heterocycles. The van der Waals surface area contributed by atoms with Gasteiger partial charge in [-0.25, -0.2) is 9.78 Å². The number of methoxy groups -OCH3 is 1. The highest BCUT2D eigenvalue weighted by molar-refractivity contribution is 6.31. The van der Waals surface area contributed by atoms with Gasteiger partial charge in [-0.15, -0.1) is 0 Å². The quantitative estimate of drug-likeness (QED) is 0.641. The van der Waals surface area contributed by atoms with Crippen LogP contribution in [0.1, 0.15) is 11.9 Å². The van der Waals surface area contributed by atoms with Crippen molar-refractivity contribution in [1.82, 2.24) is 9.97 Å². The highest BCUT2D eigenvalue weighted by Gasteiger charge is 2.17. The molecule has 0 fully saturated rings. The fourth-order valence-corrected chi connectivity index (χ4v) is 1.68. The van der Waals surface area contributed by atoms with Gasteiger partial charge in [0.15, 0.2) is 5.94 Å². The molecular formula is C11H10ClN3O2. The summed E-state index contributed by atoms with van der Waals surface area (Å²) in [5.74, 6) is 2.07. The fraction of sp³-hybridized carbons (Fsp3) is 0.182. The minimum absolute atomic E-state index is 0.00449. The van der Waals surface area contributed by atoms with Gasteiger partial charge in [-0.1, -0.05) is 11.6 Å². The molecule has 88 valence electrons. The largest absolute Gasteiger partial charge is 0.488 e. The average Bonchev–Trinajstić information content (AvgIpc) is 2.73. The van der Waals surface area contributed by atoms with E-state index in [9.17, 15) is 4.79 Å². The van der Waals surface area contributed by atoms with Crippen LogP contribution in [0.4, 0.5) is 0 Å². The zero-order valence-electron chi connectivity index (χ0n) is 9.03. The molecule has 2 rings (SSSR count). The first-order chi connectivity index (χ1) is 8.15. The predicted molar refractivity (Wildman–Crippen MR) is 64.2 cm³/mol. The van der Waals surface area contributed by atoms with Gasteiger partial charge >= 0.3 is 0 Å². The van der Waals surface area contributed by atoms with Crippen molar-refractivity contribution in [3.05, 3.63) is 34.8 Å². The number of nitrogens with two attached hydrogens (primary N) is 1. The molecule has 2 aromatic rings. The molecule has 0 aliphatic carbocycles. The first-order valence-corrected chi connectivity index (χ1v) is 5.23. The number of H-pyrrole nitrogens is 1. The molecule has 6 heteroatoms. The maximum atomic E-state index is 10.6. The first-order valence-electron chi connectivity index (χ1n) is 4.85. The van der Waals surface area contributed by atoms with Crippen molar-refractivity contribution in [3.8, 4) is 0 Å². The number of hydrogen-bond acceptors (Lipinski definition) is 4. The summed E-state index contributed by atoms with van der Waals surface area (Å²) in [5.41, 5.74) is 7.29. The van der Waals surface area contributed by atoms with Crippen LogP contribution in [0, 0.1) is 0 Å². The Morgan fingerprint density at radius 3 is 3.06 bits per heavy atom. The second kappa shape index (κ2) is 4.59. The van der Waals surface area contributed by atoms with Crippen LogP contribution in [0.3, 0.4) is 0 Å². The summed E-state index contributed by atoms with van der Waals surface area (Å²) in [7, 11) is 1.36. The lowest BCUT2D eigenvalue weighted by Gasteiger charge is -2.07. The second-order valence-electron chi connectivity index (χ2n) is 3.43. The third-order valence-electron chi connectivity index (χ3n) is 2.36. The molecule has 0 aliphatic heterocycles. The Balaban J connectivity index is 2.46. The van der Waals surface area contributed by atoms with Gasteiger partial charge in [-0.2, -0.15) is 0 Å². The molecule has 0 aliphatic rings. The smallest absolute Gasteiger partial charge is 0.204 e. The van der Waals surface area contributed by atoms with Crippen molar-refractivity contribution in [3.63, 3.8) is 0 Å². The van der Waals surface area contributed by atoms with Crippen molar-refractivity contribution in [2.75, 3.05) is 7.11 Å². The van der Waals surface area contributed by atoms with Crippen LogP contribution in [0.2, 0.25) is 5.02 Å². The number of imidazole rings is 1. The highest BCUT2D eigenvalue weighted by Crippen LogP contribution is 2.21. The van der Waals surface area contributed by atoms with Crippen molar-refractivity contribution in [2.45, 2.75) is 6.04 Å². The van der Waals surface area contributed by atoms with Gasteiger partial charge in [0, 0.05) is 5.02 Å². The fourth-order valence-electron chi connectivity index (χ4n) is 1.51. The van der Waals surface area contributed by atoms with E-state index in [0.717, 1.165) is 11.0 Å². The van der Waals surface area contributed by atoms with E-state index in [1.165, 1.54) is 7.11 Å². The highest BCUT2D eigenvalue weighted by atomic mass is 35.5. The van der Waals surface area contributed by atoms with E-state index in [0.29, 0.717) is 10.8 Å². The Morgan fingerprint density at radius 1 is 1.65 bits per heavy atom. The number of benzene rings is 1. The van der Waals surface area contributed by atoms with Crippen molar-refractivity contribution >= 4 is 28.6 Å². The molecular weight excluding hydrogens is 242 g/mol. The van der Waals surface area contributed by atoms with E-state index in [2.05, 4.69) is 9.97 Å². The maximum absolute atomic E-state index is 10.6. The van der Waals surface area contributed by atoms with Gasteiger partial charge in [-0.05, 0) is 18.2 Å². The molecule has 1 aromatic heterocycles. The topological polar surface area (TPSA) is 81.0 Å². The number of rotatable bonds is 3. The number of halogens is 1. The Labute approximate surface area is 102 Å². The van der Waals surface area contributed by atoms with Gasteiger partial charge in [-0.3, -0.25) is 0 Å². The van der Waals surface area contributed by atoms with Crippen LogP contribution in [0.15, 0.2) is 24.0 Å². The molecule has 0 spiro atoms. The number of fused-ring (bicyclic) bond motifs is 1. The van der Waals surface area contributed by atoms with E-state index >= 15 is 0 Å². The van der Waals surface area contributed by atoms with Crippen LogP contribution >= 0.6 is 11.6 Å². The maximum Gasteiger partial charge on any atom is 0.204 e. The Hall–Kier alpha value is -1.81. The zero-order chi connectivity index (χ0) is 12.4. The first kappa shape index (κ1) is 11.7. The summed E-state index contributed by atoms with van der Waals surface area (Å²) < 4.78 is 4.82. The van der Waals surface area contributed by atoms with Crippen LogP contribution in [-0.2, 0) is 9.53 Å². The number of nitrogens with zero attached hydrogens (tertiary/aromatic N) is 1.